The third kappa shape index (κ3) is 3.77. The minimum atomic E-state index is 0.213. The molecule has 1 atom stereocenters. The zero-order valence-corrected chi connectivity index (χ0v) is 18.0. The minimum absolute atomic E-state index is 0.213. The molecule has 0 radical (unpaired) electrons. The van der Waals surface area contributed by atoms with Crippen LogP contribution in [0, 0.1) is 0 Å². The molecule has 1 unspecified atom stereocenters. The molecule has 2 aromatic carbocycles. The van der Waals surface area contributed by atoms with E-state index in [4.69, 9.17) is 14.2 Å². The molecular weight excluding hydrogens is 376 g/mol. The molecule has 5 nitrogen and oxygen atoms in total. The van der Waals surface area contributed by atoms with Crippen LogP contribution in [-0.4, -0.2) is 44.4 Å². The summed E-state index contributed by atoms with van der Waals surface area (Å²) in [7, 11) is 5.10. The van der Waals surface area contributed by atoms with Gasteiger partial charge in [-0.05, 0) is 54.2 Å². The molecule has 5 heteroatoms. The first-order valence-corrected chi connectivity index (χ1v) is 10.4. The molecular formula is C25H30N2O3. The normalized spacial score (nSPS) is 15.8. The van der Waals surface area contributed by atoms with Crippen molar-refractivity contribution in [3.05, 3.63) is 71.6 Å². The van der Waals surface area contributed by atoms with Crippen LogP contribution in [0.4, 0.5) is 0 Å². The predicted octanol–water partition coefficient (Wildman–Crippen LogP) is 4.88. The first kappa shape index (κ1) is 20.4. The maximum Gasteiger partial charge on any atom is 0.161 e. The average molecular weight is 407 g/mol. The summed E-state index contributed by atoms with van der Waals surface area (Å²) in [5.41, 5.74) is 6.15. The summed E-state index contributed by atoms with van der Waals surface area (Å²) in [4.78, 5) is 5.79. The highest BCUT2D eigenvalue weighted by Gasteiger charge is 2.30. The Morgan fingerprint density at radius 3 is 2.67 bits per heavy atom. The Kier molecular flexibility index (Phi) is 6.00. The van der Waals surface area contributed by atoms with E-state index in [1.54, 1.807) is 21.3 Å². The van der Waals surface area contributed by atoms with Gasteiger partial charge in [-0.1, -0.05) is 24.8 Å². The van der Waals surface area contributed by atoms with Crippen molar-refractivity contribution in [2.45, 2.75) is 25.3 Å². The Hall–Kier alpha value is -2.92. The first-order valence-electron chi connectivity index (χ1n) is 10.4. The van der Waals surface area contributed by atoms with Gasteiger partial charge in [0.05, 0.1) is 26.9 Å². The monoisotopic (exact) mass is 406 g/mol. The summed E-state index contributed by atoms with van der Waals surface area (Å²) in [5, 5.41) is 1.29. The molecule has 158 valence electrons. The number of methoxy groups -OCH3 is 3. The van der Waals surface area contributed by atoms with Gasteiger partial charge in [-0.2, -0.15) is 0 Å². The summed E-state index contributed by atoms with van der Waals surface area (Å²) in [5.74, 6) is 1.56. The van der Waals surface area contributed by atoms with E-state index in [1.165, 1.54) is 27.6 Å². The number of aromatic amines is 1. The number of aromatic nitrogens is 1. The van der Waals surface area contributed by atoms with E-state index in [9.17, 15) is 0 Å². The Balaban J connectivity index is 1.68. The lowest BCUT2D eigenvalue weighted by atomic mass is 9.88. The van der Waals surface area contributed by atoms with Gasteiger partial charge in [-0.25, -0.2) is 0 Å². The van der Waals surface area contributed by atoms with Gasteiger partial charge >= 0.3 is 0 Å². The fourth-order valence-electron chi connectivity index (χ4n) is 4.60. The van der Waals surface area contributed by atoms with E-state index in [1.807, 2.05) is 0 Å². The second-order valence-corrected chi connectivity index (χ2v) is 7.76. The summed E-state index contributed by atoms with van der Waals surface area (Å²) < 4.78 is 16.5. The van der Waals surface area contributed by atoms with Gasteiger partial charge in [-0.3, -0.25) is 0 Å². The van der Waals surface area contributed by atoms with Crippen molar-refractivity contribution in [1.29, 1.82) is 0 Å². The van der Waals surface area contributed by atoms with Gasteiger partial charge in [0.25, 0.3) is 0 Å². The molecule has 0 saturated carbocycles. The quantitative estimate of drug-likeness (QED) is 0.579. The highest BCUT2D eigenvalue weighted by Crippen LogP contribution is 2.41. The van der Waals surface area contributed by atoms with Crippen LogP contribution in [0.5, 0.6) is 11.5 Å². The van der Waals surface area contributed by atoms with Gasteiger partial charge in [0.15, 0.2) is 11.5 Å². The number of rotatable bonds is 8. The van der Waals surface area contributed by atoms with Crippen molar-refractivity contribution in [3.8, 4) is 11.5 Å². The van der Waals surface area contributed by atoms with Crippen molar-refractivity contribution in [3.63, 3.8) is 0 Å². The molecule has 0 bridgehead atoms. The molecule has 0 saturated heterocycles. The van der Waals surface area contributed by atoms with E-state index in [0.29, 0.717) is 6.61 Å². The number of benzene rings is 2. The second-order valence-electron chi connectivity index (χ2n) is 7.76. The third-order valence-electron chi connectivity index (χ3n) is 6.08. The van der Waals surface area contributed by atoms with E-state index >= 15 is 0 Å². The summed E-state index contributed by atoms with van der Waals surface area (Å²) in [6, 6.07) is 13.0. The summed E-state index contributed by atoms with van der Waals surface area (Å²) in [6.45, 7) is 5.76. The number of nitrogens with zero attached hydrogens (tertiary/aromatic N) is 1. The summed E-state index contributed by atoms with van der Waals surface area (Å²) in [6.07, 6.45) is 5.03. The fourth-order valence-corrected chi connectivity index (χ4v) is 4.60. The Morgan fingerprint density at radius 1 is 1.13 bits per heavy atom. The van der Waals surface area contributed by atoms with Crippen LogP contribution in [0.25, 0.3) is 10.9 Å². The zero-order valence-electron chi connectivity index (χ0n) is 18.0. The average Bonchev–Trinajstić information content (AvgIpc) is 3.19. The Labute approximate surface area is 178 Å². The molecule has 0 amide bonds. The van der Waals surface area contributed by atoms with Crippen LogP contribution < -0.4 is 9.47 Å². The number of ether oxygens (including phenoxy) is 3. The highest BCUT2D eigenvalue weighted by atomic mass is 16.5. The molecule has 3 aromatic rings. The van der Waals surface area contributed by atoms with Gasteiger partial charge in [-0.15, -0.1) is 0 Å². The number of hydrogen-bond donors (Lipinski definition) is 1. The number of nitrogens with one attached hydrogen (secondary N) is 1. The fraction of sp³-hybridized carbons (Fsp3) is 0.360. The van der Waals surface area contributed by atoms with Crippen LogP contribution >= 0.6 is 0 Å². The zero-order chi connectivity index (χ0) is 21.1. The topological polar surface area (TPSA) is 46.7 Å². The number of fused-ring (bicyclic) bond motifs is 2. The first-order chi connectivity index (χ1) is 14.7. The molecule has 2 heterocycles. The van der Waals surface area contributed by atoms with Crippen molar-refractivity contribution < 1.29 is 14.2 Å². The molecule has 30 heavy (non-hydrogen) atoms. The van der Waals surface area contributed by atoms with Crippen LogP contribution in [0.15, 0.2) is 54.9 Å². The standard InChI is InChI=1S/C25H30N2O3/c1-17(16-28-2)27-12-11-18-13-24(29-3)25(30-4)14-21(18)23(27)10-9-19-15-26-22-8-6-5-7-20(19)22/h5-8,13-15,23,26H,1,9-12,16H2,2-4H3. The highest BCUT2D eigenvalue weighted by molar-refractivity contribution is 5.83. The number of hydrogen-bond acceptors (Lipinski definition) is 4. The molecule has 1 aliphatic heterocycles. The van der Waals surface area contributed by atoms with Gasteiger partial charge < -0.3 is 24.1 Å². The molecule has 1 aromatic heterocycles. The van der Waals surface area contributed by atoms with Crippen LogP contribution in [0.1, 0.15) is 29.2 Å². The van der Waals surface area contributed by atoms with Crippen LogP contribution in [0.2, 0.25) is 0 Å². The lowest BCUT2D eigenvalue weighted by Crippen LogP contribution is -2.36. The largest absolute Gasteiger partial charge is 0.493 e. The SMILES string of the molecule is C=C(COC)N1CCc2cc(OC)c(OC)cc2C1CCc1c[nH]c2ccccc12. The molecule has 1 aliphatic rings. The lowest BCUT2D eigenvalue weighted by molar-refractivity contribution is 0.156. The van der Waals surface area contributed by atoms with Crippen molar-refractivity contribution in [1.82, 2.24) is 9.88 Å². The van der Waals surface area contributed by atoms with Gasteiger partial charge in [0, 0.05) is 36.5 Å². The Bertz CT molecular complexity index is 1040. The molecule has 4 rings (SSSR count). The van der Waals surface area contributed by atoms with Gasteiger partial charge in [0.1, 0.15) is 0 Å². The van der Waals surface area contributed by atoms with Crippen molar-refractivity contribution in [2.75, 3.05) is 34.5 Å². The smallest absolute Gasteiger partial charge is 0.161 e. The lowest BCUT2D eigenvalue weighted by Gasteiger charge is -2.40. The van der Waals surface area contributed by atoms with Gasteiger partial charge in [0.2, 0.25) is 0 Å². The molecule has 0 spiro atoms. The minimum Gasteiger partial charge on any atom is -0.493 e. The van der Waals surface area contributed by atoms with Crippen LogP contribution in [-0.2, 0) is 17.6 Å². The van der Waals surface area contributed by atoms with Crippen LogP contribution in [0.3, 0.4) is 0 Å². The van der Waals surface area contributed by atoms with E-state index in [0.717, 1.165) is 43.0 Å². The molecule has 0 aliphatic carbocycles. The Morgan fingerprint density at radius 2 is 1.90 bits per heavy atom. The van der Waals surface area contributed by atoms with Crippen molar-refractivity contribution in [2.24, 2.45) is 0 Å². The second kappa shape index (κ2) is 8.84. The van der Waals surface area contributed by atoms with E-state index in [-0.39, 0.29) is 6.04 Å². The number of aryl methyl sites for hydroxylation is 1. The maximum absolute atomic E-state index is 5.61. The summed E-state index contributed by atoms with van der Waals surface area (Å²) >= 11 is 0. The van der Waals surface area contributed by atoms with E-state index < -0.39 is 0 Å². The molecule has 0 fully saturated rings. The maximum atomic E-state index is 5.61. The third-order valence-corrected chi connectivity index (χ3v) is 6.08. The predicted molar refractivity (Wildman–Crippen MR) is 120 cm³/mol. The number of H-pyrrole nitrogens is 1. The van der Waals surface area contributed by atoms with Crippen molar-refractivity contribution >= 4 is 10.9 Å². The molecule has 1 N–H and O–H groups in total. The van der Waals surface area contributed by atoms with E-state index in [2.05, 4.69) is 59.1 Å². The number of para-hydroxylation sites is 1.